The number of hydrogen-bond acceptors (Lipinski definition) is 6. The summed E-state index contributed by atoms with van der Waals surface area (Å²) in [6.45, 7) is 1.62. The maximum Gasteiger partial charge on any atom is 0.252 e. The molecule has 0 spiro atoms. The highest BCUT2D eigenvalue weighted by molar-refractivity contribution is 8.00. The van der Waals surface area contributed by atoms with Crippen LogP contribution in [-0.2, 0) is 0 Å². The molecule has 0 amide bonds. The second-order valence-electron chi connectivity index (χ2n) is 26.5. The molecule has 0 unspecified atom stereocenters. The first-order chi connectivity index (χ1) is 51.9. The zero-order valence-electron chi connectivity index (χ0n) is 56.5. The molecule has 15 heteroatoms. The first kappa shape index (κ1) is 65.3. The lowest BCUT2D eigenvalue weighted by atomic mass is 9.31. The van der Waals surface area contributed by atoms with E-state index in [0.29, 0.717) is 62.1 Å². The third kappa shape index (κ3) is 11.2. The largest absolute Gasteiger partial charge is 0.335 e. The van der Waals surface area contributed by atoms with E-state index in [4.69, 9.17) is 0 Å². The van der Waals surface area contributed by atoms with Crippen LogP contribution in [0.4, 0.5) is 110 Å². The van der Waals surface area contributed by atoms with Crippen LogP contribution in [-0.4, -0.2) is 20.0 Å². The van der Waals surface area contributed by atoms with Gasteiger partial charge in [0.05, 0.1) is 17.9 Å². The predicted octanol–water partition coefficient (Wildman–Crippen LogP) is 21.7. The molecule has 508 valence electrons. The molecule has 0 aliphatic carbocycles. The monoisotopic (exact) mass is 1410 g/mol. The molecule has 4 heterocycles. The fourth-order valence-corrected chi connectivity index (χ4v) is 17.1. The molecule has 0 N–H and O–H groups in total. The number of rotatable bonds is 15. The highest BCUT2D eigenvalue weighted by Gasteiger charge is 2.49. The first-order valence-electron chi connectivity index (χ1n) is 34.7. The summed E-state index contributed by atoms with van der Waals surface area (Å²) in [4.78, 5) is 10.7. The van der Waals surface area contributed by atoms with Crippen LogP contribution in [0.3, 0.4) is 0 Å². The number of halogens is 7. The van der Waals surface area contributed by atoms with Gasteiger partial charge in [-0.15, -0.1) is 0 Å². The molecule has 0 saturated heterocycles. The van der Waals surface area contributed by atoms with E-state index in [1.165, 1.54) is 71.3 Å². The summed E-state index contributed by atoms with van der Waals surface area (Å²) in [5.74, 6) is -5.26. The lowest BCUT2D eigenvalue weighted by Crippen LogP contribution is -2.65. The Morgan fingerprint density at radius 1 is 0.358 bits per heavy atom. The van der Waals surface area contributed by atoms with Crippen molar-refractivity contribution in [1.82, 2.24) is 0 Å². The summed E-state index contributed by atoms with van der Waals surface area (Å²) >= 11 is 1.50. The summed E-state index contributed by atoms with van der Waals surface area (Å²) < 4.78 is 118. The van der Waals surface area contributed by atoms with Gasteiger partial charge in [-0.3, -0.25) is 0 Å². The predicted molar refractivity (Wildman–Crippen MR) is 423 cm³/mol. The maximum atomic E-state index is 18.6. The number of anilines is 14. The van der Waals surface area contributed by atoms with Crippen molar-refractivity contribution in [3.05, 3.63) is 375 Å². The lowest BCUT2D eigenvalue weighted by Gasteiger charge is -2.46. The normalized spacial score (nSPS) is 13.0. The highest BCUT2D eigenvalue weighted by atomic mass is 32.2. The van der Waals surface area contributed by atoms with E-state index >= 15 is 26.3 Å². The standard InChI is InChI=1S/C91H58B2F7N5S/c1-57(94)22-18-29-63(95)56-101-79-40-16-14-33-70(79)92-72-54-73-85(55-81(72)105(89-69(32-19-35-74(89)96)62-27-10-4-11-28-62)83-51-67(50-82(101)87(83)92)103(64-30-12-5-13-31-64)90-75(97)36-20-37-76(90)98)106-86-53-68(52-84-88(86)93(73)71-34-15-17-41-80(71)104(84)91-77(99)38-21-39-78(91)100)102(65-46-42-60(43-47-65)58-23-6-2-7-24-58)66-48-44-61(45-49-66)59-25-8-3-9-26-59/h2-55H,1,56H2/b22-18-,63-29+. The Hall–Kier alpha value is -12.7. The van der Waals surface area contributed by atoms with Gasteiger partial charge in [0, 0.05) is 72.2 Å². The minimum Gasteiger partial charge on any atom is -0.335 e. The Morgan fingerprint density at radius 2 is 0.821 bits per heavy atom. The highest BCUT2D eigenvalue weighted by Crippen LogP contribution is 2.53. The average Bonchev–Trinajstić information content (AvgIpc) is 0.693. The molecule has 4 aliphatic rings. The fourth-order valence-electron chi connectivity index (χ4n) is 15.9. The summed E-state index contributed by atoms with van der Waals surface area (Å²) in [6, 6.07) is 95.5. The minimum absolute atomic E-state index is 0.160. The van der Waals surface area contributed by atoms with Gasteiger partial charge < -0.3 is 24.5 Å². The number of para-hydroxylation sites is 6. The molecule has 18 rings (SSSR count). The van der Waals surface area contributed by atoms with Crippen LogP contribution >= 0.6 is 11.8 Å². The number of allylic oxidation sites excluding steroid dienone is 4. The van der Waals surface area contributed by atoms with Gasteiger partial charge in [0.15, 0.2) is 0 Å². The SMILES string of the molecule is C=C(F)/C=C\C=C(\F)CN1c2ccccc2B2c3cc4c(cc3N(c3c(F)cccc3-c3ccccc3)c3cc(N(c5ccccc5)c5c(F)cccc5F)cc1c32)Sc1cc(N(c2ccc(-c3ccccc3)cc2)c2ccc(-c3ccccc3)cc2)cc2c1B4c1ccccc1N2c1c(F)cccc1F. The smallest absolute Gasteiger partial charge is 0.252 e. The Morgan fingerprint density at radius 3 is 1.42 bits per heavy atom. The topological polar surface area (TPSA) is 16.2 Å². The zero-order chi connectivity index (χ0) is 71.8. The zero-order valence-corrected chi connectivity index (χ0v) is 57.4. The number of fused-ring (bicyclic) bond motifs is 8. The van der Waals surface area contributed by atoms with Crippen molar-refractivity contribution in [1.29, 1.82) is 0 Å². The van der Waals surface area contributed by atoms with Gasteiger partial charge in [-0.05, 0) is 176 Å². The van der Waals surface area contributed by atoms with Gasteiger partial charge in [-0.1, -0.05) is 230 Å². The van der Waals surface area contributed by atoms with Crippen LogP contribution in [0.5, 0.6) is 0 Å². The Balaban J connectivity index is 0.925. The van der Waals surface area contributed by atoms with Crippen LogP contribution < -0.4 is 57.3 Å². The molecular formula is C91H58B2F7N5S. The van der Waals surface area contributed by atoms with Gasteiger partial charge in [-0.2, -0.15) is 0 Å². The summed E-state index contributed by atoms with van der Waals surface area (Å²) in [5.41, 5.74) is 15.4. The fraction of sp³-hybridized carbons (Fsp3) is 0.0110. The quantitative estimate of drug-likeness (QED) is 0.0574. The van der Waals surface area contributed by atoms with Crippen molar-refractivity contribution in [2.75, 3.05) is 31.0 Å². The van der Waals surface area contributed by atoms with Crippen molar-refractivity contribution in [2.45, 2.75) is 9.79 Å². The minimum atomic E-state index is -0.861. The van der Waals surface area contributed by atoms with Crippen LogP contribution in [0.1, 0.15) is 0 Å². The third-order valence-electron chi connectivity index (χ3n) is 20.3. The van der Waals surface area contributed by atoms with E-state index in [1.807, 2.05) is 143 Å². The third-order valence-corrected chi connectivity index (χ3v) is 21.5. The van der Waals surface area contributed by atoms with Gasteiger partial charge in [0.25, 0.3) is 6.71 Å². The molecule has 14 aromatic carbocycles. The van der Waals surface area contributed by atoms with E-state index in [1.54, 1.807) is 47.4 Å². The van der Waals surface area contributed by atoms with Crippen molar-refractivity contribution >= 4 is 138 Å². The molecule has 0 bridgehead atoms. The molecule has 0 fully saturated rings. The average molecular weight is 1410 g/mol. The van der Waals surface area contributed by atoms with Crippen molar-refractivity contribution in [3.63, 3.8) is 0 Å². The summed E-state index contributed by atoms with van der Waals surface area (Å²) in [6.07, 6.45) is 3.47. The number of hydrogen-bond donors (Lipinski definition) is 0. The van der Waals surface area contributed by atoms with Gasteiger partial charge in [0.2, 0.25) is 6.71 Å². The van der Waals surface area contributed by atoms with E-state index < -0.39 is 60.7 Å². The molecule has 0 aromatic heterocycles. The Bertz CT molecular complexity index is 5770. The van der Waals surface area contributed by atoms with Crippen LogP contribution in [0, 0.1) is 29.1 Å². The lowest BCUT2D eigenvalue weighted by molar-refractivity contribution is 0.585. The van der Waals surface area contributed by atoms with E-state index in [2.05, 4.69) is 102 Å². The molecule has 4 aliphatic heterocycles. The van der Waals surface area contributed by atoms with Gasteiger partial charge in [0.1, 0.15) is 52.1 Å². The van der Waals surface area contributed by atoms with E-state index in [9.17, 15) is 4.39 Å². The van der Waals surface area contributed by atoms with Gasteiger partial charge in [-0.25, -0.2) is 30.7 Å². The number of benzene rings is 14. The van der Waals surface area contributed by atoms with Crippen molar-refractivity contribution in [2.24, 2.45) is 0 Å². The first-order valence-corrected chi connectivity index (χ1v) is 35.6. The molecule has 0 atom stereocenters. The van der Waals surface area contributed by atoms with Gasteiger partial charge >= 0.3 is 0 Å². The Labute approximate surface area is 613 Å². The molecule has 0 radical (unpaired) electrons. The van der Waals surface area contributed by atoms with Crippen LogP contribution in [0.15, 0.2) is 356 Å². The summed E-state index contributed by atoms with van der Waals surface area (Å²) in [5, 5.41) is 0. The Kier molecular flexibility index (Phi) is 16.5. The van der Waals surface area contributed by atoms with Crippen LogP contribution in [0.2, 0.25) is 0 Å². The van der Waals surface area contributed by atoms with Crippen LogP contribution in [0.25, 0.3) is 33.4 Å². The molecule has 106 heavy (non-hydrogen) atoms. The van der Waals surface area contributed by atoms with E-state index in [-0.39, 0.29) is 22.7 Å². The molecule has 5 nitrogen and oxygen atoms in total. The van der Waals surface area contributed by atoms with E-state index in [0.717, 1.165) is 76.8 Å². The van der Waals surface area contributed by atoms with Crippen molar-refractivity contribution < 1.29 is 30.7 Å². The van der Waals surface area contributed by atoms with Crippen molar-refractivity contribution in [3.8, 4) is 33.4 Å². The molecule has 0 saturated carbocycles. The molecule has 14 aromatic rings. The number of nitrogens with zero attached hydrogens (tertiary/aromatic N) is 5. The second-order valence-corrected chi connectivity index (χ2v) is 27.5. The maximum absolute atomic E-state index is 18.6. The molecular weight excluding hydrogens is 1350 g/mol. The summed E-state index contributed by atoms with van der Waals surface area (Å²) in [7, 11) is 0. The second kappa shape index (κ2) is 26.8.